The number of nitrogens with zero attached hydrogens (tertiary/aromatic N) is 3. The van der Waals surface area contributed by atoms with E-state index in [-0.39, 0.29) is 11.8 Å². The number of amides is 2. The van der Waals surface area contributed by atoms with E-state index in [4.69, 9.17) is 4.74 Å². The van der Waals surface area contributed by atoms with Crippen molar-refractivity contribution in [1.29, 1.82) is 0 Å². The zero-order chi connectivity index (χ0) is 22.9. The molecular weight excluding hydrogens is 410 g/mol. The fourth-order valence-electron chi connectivity index (χ4n) is 3.39. The zero-order valence-corrected chi connectivity index (χ0v) is 18.4. The summed E-state index contributed by atoms with van der Waals surface area (Å²) in [4.78, 5) is 47.6. The van der Waals surface area contributed by atoms with Crippen molar-refractivity contribution in [3.05, 3.63) is 48.3 Å². The Kier molecular flexibility index (Phi) is 8.13. The van der Waals surface area contributed by atoms with Crippen LogP contribution in [0.4, 0.5) is 11.6 Å². The average molecular weight is 440 g/mol. The van der Waals surface area contributed by atoms with Gasteiger partial charge in [0.25, 0.3) is 11.8 Å². The molecule has 0 atom stereocenters. The maximum atomic E-state index is 12.4. The van der Waals surface area contributed by atoms with Crippen LogP contribution in [0.1, 0.15) is 37.0 Å². The Balaban J connectivity index is 1.46. The van der Waals surface area contributed by atoms with Gasteiger partial charge < -0.3 is 20.3 Å². The third kappa shape index (κ3) is 6.50. The molecule has 9 nitrogen and oxygen atoms in total. The summed E-state index contributed by atoms with van der Waals surface area (Å²) < 4.78 is 5.23. The van der Waals surface area contributed by atoms with Crippen molar-refractivity contribution < 1.29 is 19.1 Å². The summed E-state index contributed by atoms with van der Waals surface area (Å²) in [5, 5.41) is 5.50. The molecule has 0 spiro atoms. The first-order valence-corrected chi connectivity index (χ1v) is 10.8. The van der Waals surface area contributed by atoms with E-state index in [1.807, 2.05) is 18.7 Å². The predicted molar refractivity (Wildman–Crippen MR) is 120 cm³/mol. The maximum Gasteiger partial charge on any atom is 0.309 e. The van der Waals surface area contributed by atoms with Crippen molar-refractivity contribution in [1.82, 2.24) is 15.3 Å². The van der Waals surface area contributed by atoms with E-state index in [0.29, 0.717) is 55.6 Å². The van der Waals surface area contributed by atoms with E-state index < -0.39 is 18.5 Å². The fourth-order valence-corrected chi connectivity index (χ4v) is 3.39. The van der Waals surface area contributed by atoms with E-state index in [1.54, 1.807) is 42.7 Å². The molecule has 32 heavy (non-hydrogen) atoms. The van der Waals surface area contributed by atoms with E-state index in [0.717, 1.165) is 0 Å². The van der Waals surface area contributed by atoms with Crippen molar-refractivity contribution in [3.8, 4) is 0 Å². The maximum absolute atomic E-state index is 12.4. The monoisotopic (exact) mass is 439 g/mol. The Morgan fingerprint density at radius 1 is 1.09 bits per heavy atom. The summed E-state index contributed by atoms with van der Waals surface area (Å²) in [6, 6.07) is 8.50. The molecule has 0 aliphatic carbocycles. The van der Waals surface area contributed by atoms with Crippen molar-refractivity contribution >= 4 is 29.4 Å². The lowest BCUT2D eigenvalue weighted by Crippen LogP contribution is -2.38. The van der Waals surface area contributed by atoms with Gasteiger partial charge in [0.1, 0.15) is 0 Å². The lowest BCUT2D eigenvalue weighted by molar-refractivity contribution is -0.152. The number of aromatic nitrogens is 2. The SMILES string of the molecule is CC(C)CNC(=O)c1ccccc1NC(=O)COC(=O)C1CCN(c2ncccn2)CC1. The molecule has 2 N–H and O–H groups in total. The second-order valence-electron chi connectivity index (χ2n) is 8.12. The number of hydrogen-bond acceptors (Lipinski definition) is 7. The minimum atomic E-state index is -0.488. The molecule has 1 aromatic carbocycles. The van der Waals surface area contributed by atoms with Crippen LogP contribution in [-0.2, 0) is 14.3 Å². The van der Waals surface area contributed by atoms with Crippen LogP contribution in [0.15, 0.2) is 42.7 Å². The number of esters is 1. The second kappa shape index (κ2) is 11.2. The van der Waals surface area contributed by atoms with Crippen LogP contribution in [0, 0.1) is 11.8 Å². The molecule has 1 aromatic heterocycles. The predicted octanol–water partition coefficient (Wildman–Crippen LogP) is 2.26. The molecule has 1 saturated heterocycles. The second-order valence-corrected chi connectivity index (χ2v) is 8.12. The smallest absolute Gasteiger partial charge is 0.309 e. The quantitative estimate of drug-likeness (QED) is 0.607. The highest BCUT2D eigenvalue weighted by Gasteiger charge is 2.27. The van der Waals surface area contributed by atoms with E-state index in [1.165, 1.54) is 0 Å². The molecule has 0 saturated carbocycles. The number of ether oxygens (including phenoxy) is 1. The summed E-state index contributed by atoms with van der Waals surface area (Å²) in [5.41, 5.74) is 0.745. The van der Waals surface area contributed by atoms with Crippen LogP contribution >= 0.6 is 0 Å². The van der Waals surface area contributed by atoms with Gasteiger partial charge in [0.2, 0.25) is 5.95 Å². The highest BCUT2D eigenvalue weighted by atomic mass is 16.5. The van der Waals surface area contributed by atoms with E-state index >= 15 is 0 Å². The van der Waals surface area contributed by atoms with Crippen LogP contribution in [0.2, 0.25) is 0 Å². The van der Waals surface area contributed by atoms with E-state index in [2.05, 4.69) is 20.6 Å². The molecule has 1 fully saturated rings. The molecule has 2 heterocycles. The number of piperidine rings is 1. The number of para-hydroxylation sites is 1. The molecule has 1 aliphatic rings. The first-order chi connectivity index (χ1) is 15.4. The molecule has 2 aromatic rings. The first-order valence-electron chi connectivity index (χ1n) is 10.8. The summed E-state index contributed by atoms with van der Waals surface area (Å²) in [6.07, 6.45) is 4.59. The van der Waals surface area contributed by atoms with Gasteiger partial charge in [-0.25, -0.2) is 9.97 Å². The number of benzene rings is 1. The number of anilines is 2. The normalized spacial score (nSPS) is 14.2. The van der Waals surface area contributed by atoms with Crippen LogP contribution in [-0.4, -0.2) is 54.0 Å². The Morgan fingerprint density at radius 3 is 2.47 bits per heavy atom. The molecule has 9 heteroatoms. The number of rotatable bonds is 8. The van der Waals surface area contributed by atoms with Gasteiger partial charge in [-0.3, -0.25) is 14.4 Å². The van der Waals surface area contributed by atoms with Gasteiger partial charge in [0, 0.05) is 32.0 Å². The molecular formula is C23H29N5O4. The largest absolute Gasteiger partial charge is 0.455 e. The molecule has 170 valence electrons. The Labute approximate surface area is 187 Å². The average Bonchev–Trinajstić information content (AvgIpc) is 2.82. The topological polar surface area (TPSA) is 114 Å². The lowest BCUT2D eigenvalue weighted by atomic mass is 9.97. The highest BCUT2D eigenvalue weighted by molar-refractivity contribution is 6.04. The van der Waals surface area contributed by atoms with Crippen LogP contribution in [0.3, 0.4) is 0 Å². The van der Waals surface area contributed by atoms with Gasteiger partial charge in [0.15, 0.2) is 6.61 Å². The van der Waals surface area contributed by atoms with Gasteiger partial charge in [0.05, 0.1) is 17.2 Å². The van der Waals surface area contributed by atoms with Crippen LogP contribution in [0.25, 0.3) is 0 Å². The van der Waals surface area contributed by atoms with Gasteiger partial charge in [-0.1, -0.05) is 26.0 Å². The number of nitrogens with one attached hydrogen (secondary N) is 2. The minimum Gasteiger partial charge on any atom is -0.455 e. The van der Waals surface area contributed by atoms with Gasteiger partial charge in [-0.05, 0) is 37.0 Å². The number of carbonyl (C=O) groups excluding carboxylic acids is 3. The Hall–Kier alpha value is -3.49. The fraction of sp³-hybridized carbons (Fsp3) is 0.435. The number of carbonyl (C=O) groups is 3. The molecule has 0 bridgehead atoms. The van der Waals surface area contributed by atoms with Crippen molar-refractivity contribution in [3.63, 3.8) is 0 Å². The Bertz CT molecular complexity index is 927. The Morgan fingerprint density at radius 2 is 1.78 bits per heavy atom. The highest BCUT2D eigenvalue weighted by Crippen LogP contribution is 2.21. The minimum absolute atomic E-state index is 0.263. The number of hydrogen-bond donors (Lipinski definition) is 2. The molecule has 3 rings (SSSR count). The molecule has 2 amide bonds. The van der Waals surface area contributed by atoms with Gasteiger partial charge in [-0.15, -0.1) is 0 Å². The molecule has 0 radical (unpaired) electrons. The lowest BCUT2D eigenvalue weighted by Gasteiger charge is -2.30. The standard InChI is InChI=1S/C23H29N5O4/c1-16(2)14-26-21(30)18-6-3-4-7-19(18)27-20(29)15-32-22(31)17-8-12-28(13-9-17)23-24-10-5-11-25-23/h3-7,10-11,16-17H,8-9,12-15H2,1-2H3,(H,26,30)(H,27,29). The summed E-state index contributed by atoms with van der Waals surface area (Å²) in [5.74, 6) is -0.450. The third-order valence-corrected chi connectivity index (χ3v) is 5.13. The van der Waals surface area contributed by atoms with Crippen molar-refractivity contribution in [2.75, 3.05) is 36.5 Å². The van der Waals surface area contributed by atoms with Crippen LogP contribution in [0.5, 0.6) is 0 Å². The zero-order valence-electron chi connectivity index (χ0n) is 18.4. The van der Waals surface area contributed by atoms with Crippen molar-refractivity contribution in [2.45, 2.75) is 26.7 Å². The third-order valence-electron chi connectivity index (χ3n) is 5.13. The first kappa shape index (κ1) is 23.2. The van der Waals surface area contributed by atoms with Gasteiger partial charge in [-0.2, -0.15) is 0 Å². The van der Waals surface area contributed by atoms with Gasteiger partial charge >= 0.3 is 5.97 Å². The molecule has 1 aliphatic heterocycles. The molecule has 0 unspecified atom stereocenters. The van der Waals surface area contributed by atoms with Crippen molar-refractivity contribution in [2.24, 2.45) is 11.8 Å². The summed E-state index contributed by atoms with van der Waals surface area (Å²) in [7, 11) is 0. The van der Waals surface area contributed by atoms with E-state index in [9.17, 15) is 14.4 Å². The van der Waals surface area contributed by atoms with Crippen LogP contribution < -0.4 is 15.5 Å². The summed E-state index contributed by atoms with van der Waals surface area (Å²) >= 11 is 0. The summed E-state index contributed by atoms with van der Waals surface area (Å²) in [6.45, 7) is 5.43.